The highest BCUT2D eigenvalue weighted by Gasteiger charge is 2.16. The van der Waals surface area contributed by atoms with Crippen LogP contribution in [0.25, 0.3) is 10.2 Å². The van der Waals surface area contributed by atoms with Gasteiger partial charge in [-0.25, -0.2) is 8.78 Å². The van der Waals surface area contributed by atoms with Gasteiger partial charge in [0.25, 0.3) is 5.91 Å². The molecule has 0 bridgehead atoms. The number of carbonyl (C=O) groups is 1. The maximum atomic E-state index is 14.3. The quantitative estimate of drug-likeness (QED) is 0.682. The third-order valence-electron chi connectivity index (χ3n) is 4.13. The van der Waals surface area contributed by atoms with E-state index in [0.29, 0.717) is 52.7 Å². The van der Waals surface area contributed by atoms with E-state index in [2.05, 4.69) is 4.99 Å². The molecule has 0 N–H and O–H groups in total. The molecule has 0 atom stereocenters. The summed E-state index contributed by atoms with van der Waals surface area (Å²) >= 11 is 1.08. The number of thiazole rings is 1. The summed E-state index contributed by atoms with van der Waals surface area (Å²) in [5.74, 6) is -0.728. The number of aromatic nitrogens is 1. The highest BCUT2D eigenvalue weighted by molar-refractivity contribution is 7.16. The van der Waals surface area contributed by atoms with Gasteiger partial charge in [-0.3, -0.25) is 4.79 Å². The Kier molecular flexibility index (Phi) is 4.65. The molecule has 1 aromatic heterocycles. The molecule has 2 aromatic carbocycles. The zero-order chi connectivity index (χ0) is 19.0. The number of fused-ring (bicyclic) bond motifs is 2. The highest BCUT2D eigenvalue weighted by atomic mass is 32.1. The van der Waals surface area contributed by atoms with Crippen LogP contribution in [0.1, 0.15) is 23.7 Å². The molecule has 0 spiro atoms. The largest absolute Gasteiger partial charge is 0.486 e. The van der Waals surface area contributed by atoms with Crippen LogP contribution in [0.3, 0.4) is 0 Å². The summed E-state index contributed by atoms with van der Waals surface area (Å²) in [5.41, 5.74) is 0.600. The van der Waals surface area contributed by atoms with Gasteiger partial charge < -0.3 is 14.0 Å². The van der Waals surface area contributed by atoms with Crippen LogP contribution in [0.15, 0.2) is 35.3 Å². The molecule has 1 amide bonds. The first-order chi connectivity index (χ1) is 13.1. The first-order valence-corrected chi connectivity index (χ1v) is 9.35. The van der Waals surface area contributed by atoms with Crippen LogP contribution in [-0.2, 0) is 6.54 Å². The number of carbonyl (C=O) groups excluding carboxylic acids is 1. The number of hydrogen-bond donors (Lipinski definition) is 0. The Labute approximate surface area is 157 Å². The van der Waals surface area contributed by atoms with Gasteiger partial charge in [0.15, 0.2) is 22.1 Å². The van der Waals surface area contributed by atoms with Crippen molar-refractivity contribution >= 4 is 27.5 Å². The van der Waals surface area contributed by atoms with E-state index >= 15 is 0 Å². The first kappa shape index (κ1) is 17.7. The molecule has 0 unspecified atom stereocenters. The van der Waals surface area contributed by atoms with Crippen LogP contribution >= 0.6 is 11.3 Å². The Bertz CT molecular complexity index is 1100. The normalized spacial score (nSPS) is 14.0. The van der Waals surface area contributed by atoms with Gasteiger partial charge in [-0.2, -0.15) is 4.99 Å². The Morgan fingerprint density at radius 2 is 1.96 bits per heavy atom. The monoisotopic (exact) mass is 390 g/mol. The predicted octanol–water partition coefficient (Wildman–Crippen LogP) is 3.90. The van der Waals surface area contributed by atoms with Crippen LogP contribution in [0.4, 0.5) is 8.78 Å². The van der Waals surface area contributed by atoms with Crippen LogP contribution in [-0.4, -0.2) is 23.7 Å². The number of amides is 1. The summed E-state index contributed by atoms with van der Waals surface area (Å²) in [4.78, 5) is 17.1. The second-order valence-electron chi connectivity index (χ2n) is 6.05. The maximum absolute atomic E-state index is 14.3. The minimum absolute atomic E-state index is 0.261. The summed E-state index contributed by atoms with van der Waals surface area (Å²) in [6, 6.07) is 6.95. The minimum Gasteiger partial charge on any atom is -0.486 e. The molecule has 140 valence electrons. The number of halogens is 2. The molecule has 0 radical (unpaired) electrons. The Hall–Kier alpha value is -2.74. The third-order valence-corrected chi connectivity index (χ3v) is 5.15. The number of rotatable bonds is 3. The van der Waals surface area contributed by atoms with E-state index < -0.39 is 17.5 Å². The van der Waals surface area contributed by atoms with E-state index in [1.54, 1.807) is 22.8 Å². The zero-order valence-electron chi connectivity index (χ0n) is 14.5. The summed E-state index contributed by atoms with van der Waals surface area (Å²) < 4.78 is 40.8. The molecule has 1 aliphatic rings. The van der Waals surface area contributed by atoms with E-state index in [9.17, 15) is 13.6 Å². The summed E-state index contributed by atoms with van der Waals surface area (Å²) in [6.07, 6.45) is 0.716. The van der Waals surface area contributed by atoms with Crippen molar-refractivity contribution in [3.8, 4) is 11.5 Å². The standard InChI is InChI=1S/C19H16F2N2O3S/c1-2-5-23-17-13(21)9-12(20)10-16(17)27-19(23)22-18(24)11-3-4-14-15(8-11)26-7-6-25-14/h3-4,8-10H,2,5-7H2,1H3. The van der Waals surface area contributed by atoms with Crippen LogP contribution in [0, 0.1) is 11.6 Å². The zero-order valence-corrected chi connectivity index (χ0v) is 15.3. The first-order valence-electron chi connectivity index (χ1n) is 8.54. The van der Waals surface area contributed by atoms with Gasteiger partial charge in [0.2, 0.25) is 0 Å². The van der Waals surface area contributed by atoms with Crippen molar-refractivity contribution in [2.24, 2.45) is 4.99 Å². The Morgan fingerprint density at radius 1 is 1.19 bits per heavy atom. The average Bonchev–Trinajstić information content (AvgIpc) is 2.98. The number of ether oxygens (including phenoxy) is 2. The van der Waals surface area contributed by atoms with E-state index in [0.717, 1.165) is 17.4 Å². The fraction of sp³-hybridized carbons (Fsp3) is 0.263. The second kappa shape index (κ2) is 7.11. The van der Waals surface area contributed by atoms with E-state index in [-0.39, 0.29) is 5.52 Å². The smallest absolute Gasteiger partial charge is 0.279 e. The van der Waals surface area contributed by atoms with Crippen molar-refractivity contribution in [3.05, 3.63) is 52.3 Å². The second-order valence-corrected chi connectivity index (χ2v) is 7.06. The summed E-state index contributed by atoms with van der Waals surface area (Å²) in [6.45, 7) is 3.28. The molecule has 0 saturated carbocycles. The maximum Gasteiger partial charge on any atom is 0.279 e. The average molecular weight is 390 g/mol. The lowest BCUT2D eigenvalue weighted by Gasteiger charge is -2.18. The van der Waals surface area contributed by atoms with Gasteiger partial charge >= 0.3 is 0 Å². The number of benzene rings is 2. The molecular weight excluding hydrogens is 374 g/mol. The van der Waals surface area contributed by atoms with Crippen molar-refractivity contribution in [2.75, 3.05) is 13.2 Å². The molecule has 8 heteroatoms. The molecule has 1 aliphatic heterocycles. The van der Waals surface area contributed by atoms with Gasteiger partial charge in [-0.1, -0.05) is 18.3 Å². The molecule has 5 nitrogen and oxygen atoms in total. The van der Waals surface area contributed by atoms with Gasteiger partial charge in [0.05, 0.1) is 10.2 Å². The number of aryl methyl sites for hydroxylation is 1. The van der Waals surface area contributed by atoms with Crippen LogP contribution in [0.5, 0.6) is 11.5 Å². The van der Waals surface area contributed by atoms with Crippen LogP contribution in [0.2, 0.25) is 0 Å². The van der Waals surface area contributed by atoms with Crippen molar-refractivity contribution in [1.82, 2.24) is 4.57 Å². The SMILES string of the molecule is CCCn1c(=NC(=O)c2ccc3c(c2)OCCO3)sc2cc(F)cc(F)c21. The molecule has 2 heterocycles. The van der Waals surface area contributed by atoms with E-state index in [1.807, 2.05) is 6.92 Å². The van der Waals surface area contributed by atoms with E-state index in [4.69, 9.17) is 9.47 Å². The Morgan fingerprint density at radius 3 is 2.74 bits per heavy atom. The van der Waals surface area contributed by atoms with Crippen molar-refractivity contribution in [3.63, 3.8) is 0 Å². The van der Waals surface area contributed by atoms with Crippen LogP contribution < -0.4 is 14.3 Å². The number of nitrogens with zero attached hydrogens (tertiary/aromatic N) is 2. The number of hydrogen-bond acceptors (Lipinski definition) is 4. The van der Waals surface area contributed by atoms with E-state index in [1.165, 1.54) is 6.07 Å². The lowest BCUT2D eigenvalue weighted by Crippen LogP contribution is -2.18. The summed E-state index contributed by atoms with van der Waals surface area (Å²) in [5, 5.41) is 0. The summed E-state index contributed by atoms with van der Waals surface area (Å²) in [7, 11) is 0. The molecule has 3 aromatic rings. The topological polar surface area (TPSA) is 52.8 Å². The van der Waals surface area contributed by atoms with Crippen molar-refractivity contribution in [1.29, 1.82) is 0 Å². The van der Waals surface area contributed by atoms with Gasteiger partial charge in [0, 0.05) is 18.2 Å². The molecular formula is C19H16F2N2O3S. The van der Waals surface area contributed by atoms with Gasteiger partial charge in [-0.05, 0) is 30.7 Å². The van der Waals surface area contributed by atoms with Crippen molar-refractivity contribution in [2.45, 2.75) is 19.9 Å². The van der Waals surface area contributed by atoms with Crippen molar-refractivity contribution < 1.29 is 23.0 Å². The molecule has 0 fully saturated rings. The van der Waals surface area contributed by atoms with Gasteiger partial charge in [0.1, 0.15) is 19.0 Å². The minimum atomic E-state index is -0.664. The lowest BCUT2D eigenvalue weighted by atomic mass is 10.2. The molecule has 0 saturated heterocycles. The highest BCUT2D eigenvalue weighted by Crippen LogP contribution is 2.31. The molecule has 27 heavy (non-hydrogen) atoms. The molecule has 0 aliphatic carbocycles. The van der Waals surface area contributed by atoms with Gasteiger partial charge in [-0.15, -0.1) is 0 Å². The Balaban J connectivity index is 1.81. The predicted molar refractivity (Wildman–Crippen MR) is 97.3 cm³/mol. The molecule has 4 rings (SSSR count). The third kappa shape index (κ3) is 3.32. The fourth-order valence-electron chi connectivity index (χ4n) is 2.97. The fourth-order valence-corrected chi connectivity index (χ4v) is 4.07. The lowest BCUT2D eigenvalue weighted by molar-refractivity contribution is 0.0996.